The summed E-state index contributed by atoms with van der Waals surface area (Å²) in [7, 11) is 3.17. The van der Waals surface area contributed by atoms with Crippen LogP contribution in [0.3, 0.4) is 0 Å². The van der Waals surface area contributed by atoms with Crippen molar-refractivity contribution in [1.29, 1.82) is 0 Å². The summed E-state index contributed by atoms with van der Waals surface area (Å²) in [6, 6.07) is 34.1. The van der Waals surface area contributed by atoms with Crippen LogP contribution in [-0.2, 0) is 16.1 Å². The number of thiazole rings is 1. The Bertz CT molecular complexity index is 2470. The number of hydrogen-bond donors (Lipinski definition) is 0. The van der Waals surface area contributed by atoms with E-state index in [1.165, 1.54) is 11.3 Å². The van der Waals surface area contributed by atoms with Crippen molar-refractivity contribution in [2.24, 2.45) is 4.99 Å². The molecule has 0 spiro atoms. The Hall–Kier alpha value is -5.45. The van der Waals surface area contributed by atoms with E-state index >= 15 is 0 Å². The summed E-state index contributed by atoms with van der Waals surface area (Å²) in [5.41, 5.74) is 3.67. The number of hydrogen-bond acceptors (Lipinski definition) is 8. The standard InChI is InChI=1S/C41H33BrN2O6S/c1-4-49-40(46)35-36(27-12-6-5-7-13-27)43-41-44(37(35)28-17-19-30(47-2)20-18-28)39(45)34(51-41)23-25-21-32(42)38(33(22-25)48-3)50-24-29-15-10-14-26-11-8-9-16-31(26)29/h5-23,37H,4,24H2,1-3H3/b34-23-/t37-/m0/s1. The highest BCUT2D eigenvalue weighted by molar-refractivity contribution is 9.10. The number of fused-ring (bicyclic) bond motifs is 2. The van der Waals surface area contributed by atoms with Gasteiger partial charge in [0.15, 0.2) is 16.3 Å². The molecule has 0 N–H and O–H groups in total. The number of nitrogens with zero attached hydrogens (tertiary/aromatic N) is 2. The van der Waals surface area contributed by atoms with Gasteiger partial charge in [0.05, 0.1) is 47.1 Å². The second-order valence-corrected chi connectivity index (χ2v) is 13.5. The van der Waals surface area contributed by atoms with Gasteiger partial charge < -0.3 is 18.9 Å². The molecule has 8 nitrogen and oxygen atoms in total. The smallest absolute Gasteiger partial charge is 0.338 e. The van der Waals surface area contributed by atoms with Crippen LogP contribution < -0.4 is 29.1 Å². The zero-order valence-electron chi connectivity index (χ0n) is 28.1. The molecule has 7 rings (SSSR count). The van der Waals surface area contributed by atoms with Gasteiger partial charge in [0, 0.05) is 5.56 Å². The Balaban J connectivity index is 1.33. The lowest BCUT2D eigenvalue weighted by molar-refractivity contribution is -0.138. The van der Waals surface area contributed by atoms with Crippen LogP contribution in [0.2, 0.25) is 0 Å². The fourth-order valence-electron chi connectivity index (χ4n) is 6.22. The molecule has 1 aromatic heterocycles. The van der Waals surface area contributed by atoms with E-state index in [9.17, 15) is 9.59 Å². The van der Waals surface area contributed by atoms with E-state index in [1.807, 2.05) is 91.0 Å². The van der Waals surface area contributed by atoms with Crippen LogP contribution in [0.15, 0.2) is 129 Å². The number of rotatable bonds is 10. The van der Waals surface area contributed by atoms with E-state index in [0.717, 1.165) is 27.5 Å². The molecule has 0 radical (unpaired) electrons. The molecule has 0 saturated heterocycles. The maximum Gasteiger partial charge on any atom is 0.338 e. The van der Waals surface area contributed by atoms with Crippen LogP contribution in [0.5, 0.6) is 17.2 Å². The number of benzene rings is 5. The van der Waals surface area contributed by atoms with Gasteiger partial charge in [-0.2, -0.15) is 0 Å². The predicted molar refractivity (Wildman–Crippen MR) is 203 cm³/mol. The van der Waals surface area contributed by atoms with Gasteiger partial charge in [-0.25, -0.2) is 9.79 Å². The molecule has 2 heterocycles. The van der Waals surface area contributed by atoms with Crippen LogP contribution in [0.1, 0.15) is 35.2 Å². The highest BCUT2D eigenvalue weighted by Gasteiger charge is 2.35. The lowest BCUT2D eigenvalue weighted by Crippen LogP contribution is -2.40. The third-order valence-electron chi connectivity index (χ3n) is 8.61. The third-order valence-corrected chi connectivity index (χ3v) is 10.2. The molecule has 256 valence electrons. The van der Waals surface area contributed by atoms with Gasteiger partial charge in [-0.1, -0.05) is 96.3 Å². The Labute approximate surface area is 306 Å². The average molecular weight is 762 g/mol. The van der Waals surface area contributed by atoms with Gasteiger partial charge in [-0.3, -0.25) is 9.36 Å². The summed E-state index contributed by atoms with van der Waals surface area (Å²) in [6.45, 7) is 2.26. The van der Waals surface area contributed by atoms with Crippen LogP contribution in [0.25, 0.3) is 22.5 Å². The third kappa shape index (κ3) is 6.72. The maximum absolute atomic E-state index is 14.4. The van der Waals surface area contributed by atoms with E-state index in [2.05, 4.69) is 34.1 Å². The molecule has 0 aliphatic carbocycles. The second-order valence-electron chi connectivity index (χ2n) is 11.7. The van der Waals surface area contributed by atoms with E-state index in [-0.39, 0.29) is 17.7 Å². The summed E-state index contributed by atoms with van der Waals surface area (Å²) in [5.74, 6) is 1.17. The summed E-state index contributed by atoms with van der Waals surface area (Å²) < 4.78 is 25.7. The lowest BCUT2D eigenvalue weighted by Gasteiger charge is -2.26. The average Bonchev–Trinajstić information content (AvgIpc) is 3.47. The van der Waals surface area contributed by atoms with E-state index in [1.54, 1.807) is 31.8 Å². The van der Waals surface area contributed by atoms with Gasteiger partial charge in [0.2, 0.25) is 0 Å². The van der Waals surface area contributed by atoms with Crippen molar-refractivity contribution in [1.82, 2.24) is 4.57 Å². The first-order valence-electron chi connectivity index (χ1n) is 16.3. The van der Waals surface area contributed by atoms with Crippen LogP contribution in [0, 0.1) is 0 Å². The lowest BCUT2D eigenvalue weighted by atomic mass is 9.93. The maximum atomic E-state index is 14.4. The minimum Gasteiger partial charge on any atom is -0.497 e. The molecule has 10 heteroatoms. The molecule has 0 amide bonds. The molecule has 6 aromatic rings. The normalized spacial score (nSPS) is 14.2. The number of methoxy groups -OCH3 is 2. The largest absolute Gasteiger partial charge is 0.497 e. The molecule has 0 bridgehead atoms. The van der Waals surface area contributed by atoms with Crippen molar-refractivity contribution in [3.63, 3.8) is 0 Å². The molecule has 1 aliphatic rings. The summed E-state index contributed by atoms with van der Waals surface area (Å²) in [6.07, 6.45) is 1.80. The zero-order chi connectivity index (χ0) is 35.5. The fourth-order valence-corrected chi connectivity index (χ4v) is 7.80. The van der Waals surface area contributed by atoms with Gasteiger partial charge in [0.25, 0.3) is 5.56 Å². The highest BCUT2D eigenvalue weighted by atomic mass is 79.9. The van der Waals surface area contributed by atoms with E-state index in [0.29, 0.717) is 48.9 Å². The first-order chi connectivity index (χ1) is 24.9. The minimum absolute atomic E-state index is 0.169. The molecule has 0 saturated carbocycles. The molecule has 0 fully saturated rings. The number of ether oxygens (including phenoxy) is 4. The summed E-state index contributed by atoms with van der Waals surface area (Å²) >= 11 is 4.93. The molecule has 5 aromatic carbocycles. The quantitative estimate of drug-likeness (QED) is 0.135. The Kier molecular flexibility index (Phi) is 9.87. The van der Waals surface area contributed by atoms with Crippen LogP contribution in [0.4, 0.5) is 0 Å². The molecular weight excluding hydrogens is 728 g/mol. The molecule has 1 atom stereocenters. The summed E-state index contributed by atoms with van der Waals surface area (Å²) in [4.78, 5) is 33.5. The molecular formula is C41H33BrN2O6S. The van der Waals surface area contributed by atoms with Gasteiger partial charge in [-0.15, -0.1) is 0 Å². The fraction of sp³-hybridized carbons (Fsp3) is 0.146. The van der Waals surface area contributed by atoms with Gasteiger partial charge in [-0.05, 0) is 80.7 Å². The Morgan fingerprint density at radius 2 is 1.67 bits per heavy atom. The van der Waals surface area contributed by atoms with Gasteiger partial charge >= 0.3 is 5.97 Å². The monoisotopic (exact) mass is 760 g/mol. The number of carbonyl (C=O) groups is 1. The first-order valence-corrected chi connectivity index (χ1v) is 17.9. The van der Waals surface area contributed by atoms with E-state index in [4.69, 9.17) is 23.9 Å². The summed E-state index contributed by atoms with van der Waals surface area (Å²) in [5, 5.41) is 2.26. The topological polar surface area (TPSA) is 88.4 Å². The predicted octanol–water partition coefficient (Wildman–Crippen LogP) is 7.45. The van der Waals surface area contributed by atoms with Crippen molar-refractivity contribution in [2.75, 3.05) is 20.8 Å². The van der Waals surface area contributed by atoms with Crippen molar-refractivity contribution in [3.05, 3.63) is 161 Å². The van der Waals surface area contributed by atoms with Crippen molar-refractivity contribution in [2.45, 2.75) is 19.6 Å². The number of esters is 1. The van der Waals surface area contributed by atoms with Gasteiger partial charge in [0.1, 0.15) is 12.4 Å². The molecule has 51 heavy (non-hydrogen) atoms. The molecule has 1 aliphatic heterocycles. The van der Waals surface area contributed by atoms with E-state index < -0.39 is 12.0 Å². The number of aromatic nitrogens is 1. The van der Waals surface area contributed by atoms with Crippen molar-refractivity contribution >= 4 is 55.8 Å². The first kappa shape index (κ1) is 34.0. The van der Waals surface area contributed by atoms with Crippen molar-refractivity contribution in [3.8, 4) is 17.2 Å². The highest BCUT2D eigenvalue weighted by Crippen LogP contribution is 2.38. The zero-order valence-corrected chi connectivity index (χ0v) is 30.5. The Morgan fingerprint density at radius 1 is 0.922 bits per heavy atom. The second kappa shape index (κ2) is 14.8. The SMILES string of the molecule is CCOC(=O)C1=C(c2ccccc2)N=c2s/c(=C\c3cc(Br)c(OCc4cccc5ccccc45)c(OC)c3)c(=O)n2[C@H]1c1ccc(OC)cc1. The van der Waals surface area contributed by atoms with Crippen molar-refractivity contribution < 1.29 is 23.7 Å². The number of halogens is 1. The van der Waals surface area contributed by atoms with Crippen LogP contribution >= 0.6 is 27.3 Å². The molecule has 0 unspecified atom stereocenters. The Morgan fingerprint density at radius 3 is 2.41 bits per heavy atom. The van der Waals surface area contributed by atoms with Crippen LogP contribution in [-0.4, -0.2) is 31.4 Å². The minimum atomic E-state index is -0.797. The number of carbonyl (C=O) groups excluding carboxylic acids is 1.